The maximum absolute atomic E-state index is 11.9. The number of carbonyl (C=O) groups excluding carboxylic acids is 1. The number of hydrogen-bond acceptors (Lipinski definition) is 3. The van der Waals surface area contributed by atoms with Crippen LogP contribution in [0.5, 0.6) is 0 Å². The van der Waals surface area contributed by atoms with Crippen LogP contribution in [-0.2, 0) is 9.53 Å². The first-order chi connectivity index (χ1) is 7.75. The van der Waals surface area contributed by atoms with E-state index in [0.717, 1.165) is 32.7 Å². The number of nitrogens with one attached hydrogen (secondary N) is 1. The van der Waals surface area contributed by atoms with Crippen LogP contribution in [0.4, 0.5) is 0 Å². The molecule has 1 unspecified atom stereocenters. The number of hydrogen-bond donors (Lipinski definition) is 1. The Morgan fingerprint density at radius 3 is 3.06 bits per heavy atom. The lowest BCUT2D eigenvalue weighted by Crippen LogP contribution is -2.37. The van der Waals surface area contributed by atoms with E-state index in [1.165, 1.54) is 12.8 Å². The van der Waals surface area contributed by atoms with Crippen molar-refractivity contribution in [2.75, 3.05) is 26.2 Å². The first kappa shape index (κ1) is 11.9. The minimum atomic E-state index is 0.183. The fourth-order valence-corrected chi connectivity index (χ4v) is 2.05. The fraction of sp³-hybridized carbons (Fsp3) is 0.917. The Bertz CT molecular complexity index is 241. The molecule has 92 valence electrons. The van der Waals surface area contributed by atoms with Crippen LogP contribution in [0.3, 0.4) is 0 Å². The zero-order chi connectivity index (χ0) is 11.4. The summed E-state index contributed by atoms with van der Waals surface area (Å²) in [6, 6.07) is 0.694. The van der Waals surface area contributed by atoms with Crippen molar-refractivity contribution >= 4 is 5.91 Å². The third kappa shape index (κ3) is 3.76. The number of amides is 1. The van der Waals surface area contributed by atoms with Crippen molar-refractivity contribution in [2.24, 2.45) is 0 Å². The van der Waals surface area contributed by atoms with Gasteiger partial charge in [0.2, 0.25) is 5.91 Å². The van der Waals surface area contributed by atoms with Crippen LogP contribution in [0, 0.1) is 0 Å². The number of ether oxygens (including phenoxy) is 1. The van der Waals surface area contributed by atoms with Crippen LogP contribution >= 0.6 is 0 Å². The molecule has 4 nitrogen and oxygen atoms in total. The van der Waals surface area contributed by atoms with Gasteiger partial charge >= 0.3 is 0 Å². The predicted octanol–water partition coefficient (Wildman–Crippen LogP) is 0.766. The van der Waals surface area contributed by atoms with Gasteiger partial charge in [-0.15, -0.1) is 0 Å². The molecule has 1 saturated heterocycles. The molecule has 2 fully saturated rings. The van der Waals surface area contributed by atoms with Crippen molar-refractivity contribution in [3.8, 4) is 0 Å². The summed E-state index contributed by atoms with van der Waals surface area (Å²) in [5.41, 5.74) is 0. The average molecular weight is 226 g/mol. The molecule has 1 aliphatic carbocycles. The highest BCUT2D eigenvalue weighted by molar-refractivity contribution is 5.76. The second-order valence-corrected chi connectivity index (χ2v) is 4.85. The third-order valence-corrected chi connectivity index (χ3v) is 3.15. The van der Waals surface area contributed by atoms with E-state index in [2.05, 4.69) is 5.32 Å². The number of carbonyl (C=O) groups is 1. The quantitative estimate of drug-likeness (QED) is 0.769. The minimum Gasteiger partial charge on any atom is -0.377 e. The van der Waals surface area contributed by atoms with Crippen molar-refractivity contribution in [2.45, 2.75) is 44.8 Å². The third-order valence-electron chi connectivity index (χ3n) is 3.15. The maximum Gasteiger partial charge on any atom is 0.223 e. The van der Waals surface area contributed by atoms with Crippen LogP contribution < -0.4 is 5.32 Å². The van der Waals surface area contributed by atoms with Gasteiger partial charge in [0.15, 0.2) is 0 Å². The van der Waals surface area contributed by atoms with Gasteiger partial charge in [0.25, 0.3) is 0 Å². The summed E-state index contributed by atoms with van der Waals surface area (Å²) in [6.45, 7) is 5.25. The second-order valence-electron chi connectivity index (χ2n) is 4.85. The Morgan fingerprint density at radius 2 is 2.31 bits per heavy atom. The molecule has 1 N–H and O–H groups in total. The number of nitrogens with zero attached hydrogens (tertiary/aromatic N) is 1. The summed E-state index contributed by atoms with van der Waals surface area (Å²) in [5.74, 6) is 0.269. The monoisotopic (exact) mass is 226 g/mol. The normalized spacial score (nSPS) is 26.6. The highest BCUT2D eigenvalue weighted by Gasteiger charge is 2.22. The zero-order valence-electron chi connectivity index (χ0n) is 10.1. The molecule has 1 amide bonds. The van der Waals surface area contributed by atoms with Gasteiger partial charge in [0.1, 0.15) is 0 Å². The van der Waals surface area contributed by atoms with Crippen molar-refractivity contribution in [1.29, 1.82) is 0 Å². The summed E-state index contributed by atoms with van der Waals surface area (Å²) in [7, 11) is 0. The Hall–Kier alpha value is -0.610. The zero-order valence-corrected chi connectivity index (χ0v) is 10.1. The topological polar surface area (TPSA) is 41.6 Å². The van der Waals surface area contributed by atoms with Crippen molar-refractivity contribution < 1.29 is 9.53 Å². The molecule has 16 heavy (non-hydrogen) atoms. The molecule has 0 bridgehead atoms. The van der Waals surface area contributed by atoms with Gasteiger partial charge in [0.05, 0.1) is 6.10 Å². The molecule has 2 rings (SSSR count). The van der Waals surface area contributed by atoms with Crippen LogP contribution in [0.25, 0.3) is 0 Å². The van der Waals surface area contributed by atoms with Crippen LogP contribution in [0.15, 0.2) is 0 Å². The SMILES string of the molecule is CC1CN(C(=O)CCNC2CC2)CCCO1. The smallest absolute Gasteiger partial charge is 0.223 e. The van der Waals surface area contributed by atoms with Gasteiger partial charge in [0, 0.05) is 38.7 Å². The Balaban J connectivity index is 1.68. The van der Waals surface area contributed by atoms with Crippen LogP contribution in [0.1, 0.15) is 32.6 Å². The van der Waals surface area contributed by atoms with E-state index in [9.17, 15) is 4.79 Å². The van der Waals surface area contributed by atoms with Gasteiger partial charge in [-0.2, -0.15) is 0 Å². The Kier molecular flexibility index (Phi) is 4.18. The molecule has 4 heteroatoms. The molecule has 0 aromatic heterocycles. The molecule has 0 radical (unpaired) electrons. The van der Waals surface area contributed by atoms with E-state index in [-0.39, 0.29) is 12.0 Å². The lowest BCUT2D eigenvalue weighted by molar-refractivity contribution is -0.131. The summed E-state index contributed by atoms with van der Waals surface area (Å²) in [4.78, 5) is 13.9. The van der Waals surface area contributed by atoms with Gasteiger partial charge in [-0.25, -0.2) is 0 Å². The number of rotatable bonds is 4. The maximum atomic E-state index is 11.9. The average Bonchev–Trinajstić information content (AvgIpc) is 3.05. The highest BCUT2D eigenvalue weighted by atomic mass is 16.5. The van der Waals surface area contributed by atoms with E-state index in [1.807, 2.05) is 11.8 Å². The van der Waals surface area contributed by atoms with E-state index in [4.69, 9.17) is 4.74 Å². The summed E-state index contributed by atoms with van der Waals surface area (Å²) in [6.07, 6.45) is 4.34. The minimum absolute atomic E-state index is 0.183. The molecule has 1 atom stereocenters. The fourth-order valence-electron chi connectivity index (χ4n) is 2.05. The van der Waals surface area contributed by atoms with E-state index < -0.39 is 0 Å². The second kappa shape index (κ2) is 5.64. The molecule has 1 saturated carbocycles. The summed E-state index contributed by atoms with van der Waals surface area (Å²) < 4.78 is 5.53. The lowest BCUT2D eigenvalue weighted by Gasteiger charge is -2.22. The molecule has 0 aromatic carbocycles. The van der Waals surface area contributed by atoms with Gasteiger partial charge in [-0.1, -0.05) is 0 Å². The predicted molar refractivity (Wildman–Crippen MR) is 62.3 cm³/mol. The largest absolute Gasteiger partial charge is 0.377 e. The Morgan fingerprint density at radius 1 is 1.50 bits per heavy atom. The molecule has 0 aromatic rings. The molecular formula is C12H22N2O2. The molecular weight excluding hydrogens is 204 g/mol. The summed E-state index contributed by atoms with van der Waals surface area (Å²) >= 11 is 0. The van der Waals surface area contributed by atoms with Crippen LogP contribution in [-0.4, -0.2) is 49.2 Å². The van der Waals surface area contributed by atoms with Crippen molar-refractivity contribution in [1.82, 2.24) is 10.2 Å². The van der Waals surface area contributed by atoms with E-state index in [0.29, 0.717) is 12.5 Å². The highest BCUT2D eigenvalue weighted by Crippen LogP contribution is 2.18. The van der Waals surface area contributed by atoms with Gasteiger partial charge in [-0.05, 0) is 26.2 Å². The molecule has 0 spiro atoms. The van der Waals surface area contributed by atoms with Gasteiger partial charge < -0.3 is 15.0 Å². The van der Waals surface area contributed by atoms with E-state index >= 15 is 0 Å². The first-order valence-electron chi connectivity index (χ1n) is 6.38. The van der Waals surface area contributed by atoms with Gasteiger partial charge in [-0.3, -0.25) is 4.79 Å². The first-order valence-corrected chi connectivity index (χ1v) is 6.38. The molecule has 1 aliphatic heterocycles. The van der Waals surface area contributed by atoms with Crippen molar-refractivity contribution in [3.05, 3.63) is 0 Å². The van der Waals surface area contributed by atoms with Crippen molar-refractivity contribution in [3.63, 3.8) is 0 Å². The lowest BCUT2D eigenvalue weighted by atomic mass is 10.3. The standard InChI is InChI=1S/C12H22N2O2/c1-10-9-14(7-2-8-16-10)12(15)5-6-13-11-3-4-11/h10-11,13H,2-9H2,1H3. The molecule has 1 heterocycles. The Labute approximate surface area is 97.3 Å². The van der Waals surface area contributed by atoms with Crippen LogP contribution in [0.2, 0.25) is 0 Å². The van der Waals surface area contributed by atoms with E-state index in [1.54, 1.807) is 0 Å². The molecule has 2 aliphatic rings. The summed E-state index contributed by atoms with van der Waals surface area (Å²) in [5, 5.41) is 3.37.